The van der Waals surface area contributed by atoms with Crippen molar-refractivity contribution >= 4 is 27.2 Å². The fourth-order valence-corrected chi connectivity index (χ4v) is 5.39. The molecule has 0 atom stereocenters. The molecule has 4 N–H and O–H groups in total. The molecule has 0 saturated carbocycles. The van der Waals surface area contributed by atoms with E-state index in [1.165, 1.54) is 23.6 Å². The standard InChI is InChI=1S/C21H25N5O4S2/c1-13-3-4-15(32(28,29)25-12-21(27)5-7-30-8-6-21)9-16(13)17-10-24-20(22)19(26-17)18-11-23-14(2)31-18/h3-4,9-11,25,27H,5-8,12H2,1-2H3,(H2,22,24). The molecule has 0 spiro atoms. The van der Waals surface area contributed by atoms with E-state index in [-0.39, 0.29) is 17.3 Å². The van der Waals surface area contributed by atoms with E-state index in [2.05, 4.69) is 19.7 Å². The largest absolute Gasteiger partial charge is 0.388 e. The third kappa shape index (κ3) is 4.81. The molecule has 32 heavy (non-hydrogen) atoms. The Morgan fingerprint density at radius 2 is 1.97 bits per heavy atom. The number of anilines is 1. The van der Waals surface area contributed by atoms with Gasteiger partial charge in [-0.3, -0.25) is 0 Å². The number of sulfonamides is 1. The number of rotatable bonds is 6. The lowest BCUT2D eigenvalue weighted by molar-refractivity contribution is -0.0588. The summed E-state index contributed by atoms with van der Waals surface area (Å²) in [5.74, 6) is 0.283. The number of nitrogens with two attached hydrogens (primary N) is 1. The average Bonchev–Trinajstić information content (AvgIpc) is 3.20. The Kier molecular flexibility index (Phi) is 6.28. The molecule has 1 fully saturated rings. The second kappa shape index (κ2) is 8.83. The van der Waals surface area contributed by atoms with Crippen LogP contribution in [0.25, 0.3) is 21.8 Å². The van der Waals surface area contributed by atoms with E-state index in [0.717, 1.165) is 15.4 Å². The quantitative estimate of drug-likeness (QED) is 0.493. The lowest BCUT2D eigenvalue weighted by Crippen LogP contribution is -2.46. The van der Waals surface area contributed by atoms with Crippen molar-refractivity contribution in [2.24, 2.45) is 0 Å². The van der Waals surface area contributed by atoms with Crippen molar-refractivity contribution < 1.29 is 18.3 Å². The summed E-state index contributed by atoms with van der Waals surface area (Å²) in [6.45, 7) is 4.51. The van der Waals surface area contributed by atoms with Gasteiger partial charge in [-0.15, -0.1) is 11.3 Å². The van der Waals surface area contributed by atoms with Gasteiger partial charge in [-0.05, 0) is 31.5 Å². The number of thiazole rings is 1. The SMILES string of the molecule is Cc1ncc(-c2nc(-c3cc(S(=O)(=O)NCC4(O)CCOCC4)ccc3C)cnc2N)s1. The smallest absolute Gasteiger partial charge is 0.240 e. The fourth-order valence-electron chi connectivity index (χ4n) is 3.47. The number of nitrogens with one attached hydrogen (secondary N) is 1. The van der Waals surface area contributed by atoms with Crippen LogP contribution in [0.5, 0.6) is 0 Å². The summed E-state index contributed by atoms with van der Waals surface area (Å²) in [4.78, 5) is 14.0. The molecule has 170 valence electrons. The maximum absolute atomic E-state index is 12.9. The summed E-state index contributed by atoms with van der Waals surface area (Å²) in [6, 6.07) is 4.82. The van der Waals surface area contributed by atoms with Crippen molar-refractivity contribution in [2.45, 2.75) is 37.2 Å². The number of hydrogen-bond acceptors (Lipinski definition) is 9. The normalized spacial score (nSPS) is 16.2. The van der Waals surface area contributed by atoms with E-state index in [1.807, 2.05) is 13.8 Å². The molecule has 1 aliphatic rings. The average molecular weight is 476 g/mol. The molecule has 0 bridgehead atoms. The van der Waals surface area contributed by atoms with Crippen LogP contribution < -0.4 is 10.5 Å². The second-order valence-electron chi connectivity index (χ2n) is 7.87. The molecule has 1 aliphatic heterocycles. The zero-order valence-corrected chi connectivity index (χ0v) is 19.5. The van der Waals surface area contributed by atoms with E-state index >= 15 is 0 Å². The number of nitrogens with zero attached hydrogens (tertiary/aromatic N) is 3. The Hall–Kier alpha value is -2.44. The van der Waals surface area contributed by atoms with E-state index in [0.29, 0.717) is 43.0 Å². The predicted molar refractivity (Wildman–Crippen MR) is 123 cm³/mol. The molecule has 0 aliphatic carbocycles. The van der Waals surface area contributed by atoms with Gasteiger partial charge < -0.3 is 15.6 Å². The number of ether oxygens (including phenoxy) is 1. The highest BCUT2D eigenvalue weighted by Gasteiger charge is 2.31. The van der Waals surface area contributed by atoms with Crippen LogP contribution in [0.4, 0.5) is 5.82 Å². The Labute approximate surface area is 190 Å². The van der Waals surface area contributed by atoms with Crippen LogP contribution in [-0.2, 0) is 14.8 Å². The van der Waals surface area contributed by atoms with Gasteiger partial charge in [0.2, 0.25) is 10.0 Å². The summed E-state index contributed by atoms with van der Waals surface area (Å²) in [7, 11) is -3.84. The Morgan fingerprint density at radius 1 is 1.22 bits per heavy atom. The minimum atomic E-state index is -3.84. The highest BCUT2D eigenvalue weighted by Crippen LogP contribution is 2.32. The van der Waals surface area contributed by atoms with Crippen LogP contribution in [0.15, 0.2) is 35.5 Å². The molecule has 9 nitrogen and oxygen atoms in total. The number of aryl methyl sites for hydroxylation is 2. The Morgan fingerprint density at radius 3 is 2.66 bits per heavy atom. The molecule has 0 amide bonds. The first kappa shape index (κ1) is 22.7. The van der Waals surface area contributed by atoms with Gasteiger partial charge in [0.05, 0.1) is 32.3 Å². The lowest BCUT2D eigenvalue weighted by Gasteiger charge is -2.32. The lowest BCUT2D eigenvalue weighted by atomic mass is 9.95. The summed E-state index contributed by atoms with van der Waals surface area (Å²) in [5, 5.41) is 11.5. The first-order valence-corrected chi connectivity index (χ1v) is 12.4. The number of nitrogen functional groups attached to an aromatic ring is 1. The third-order valence-corrected chi connectivity index (χ3v) is 7.78. The molecule has 0 unspecified atom stereocenters. The van der Waals surface area contributed by atoms with Crippen molar-refractivity contribution in [1.29, 1.82) is 0 Å². The number of aromatic nitrogens is 3. The van der Waals surface area contributed by atoms with Gasteiger partial charge in [0.25, 0.3) is 0 Å². The van der Waals surface area contributed by atoms with Gasteiger partial charge in [0, 0.05) is 44.4 Å². The van der Waals surface area contributed by atoms with E-state index in [1.54, 1.807) is 18.3 Å². The van der Waals surface area contributed by atoms with Gasteiger partial charge >= 0.3 is 0 Å². The van der Waals surface area contributed by atoms with Crippen LogP contribution >= 0.6 is 11.3 Å². The van der Waals surface area contributed by atoms with Crippen molar-refractivity contribution in [1.82, 2.24) is 19.7 Å². The van der Waals surface area contributed by atoms with E-state index in [4.69, 9.17) is 10.5 Å². The molecule has 3 aromatic rings. The maximum Gasteiger partial charge on any atom is 0.240 e. The molecular formula is C21H25N5O4S2. The topological polar surface area (TPSA) is 140 Å². The van der Waals surface area contributed by atoms with Gasteiger partial charge in [-0.1, -0.05) is 6.07 Å². The van der Waals surface area contributed by atoms with Gasteiger partial charge in [-0.25, -0.2) is 28.1 Å². The molecule has 11 heteroatoms. The van der Waals surface area contributed by atoms with Crippen molar-refractivity contribution in [3.8, 4) is 21.8 Å². The zero-order valence-electron chi connectivity index (χ0n) is 17.8. The second-order valence-corrected chi connectivity index (χ2v) is 10.9. The number of hydrogen-bond donors (Lipinski definition) is 3. The van der Waals surface area contributed by atoms with Crippen LogP contribution in [0.2, 0.25) is 0 Å². The van der Waals surface area contributed by atoms with Crippen molar-refractivity contribution in [2.75, 3.05) is 25.5 Å². The van der Waals surface area contributed by atoms with Crippen LogP contribution in [-0.4, -0.2) is 53.8 Å². The van der Waals surface area contributed by atoms with E-state index < -0.39 is 15.6 Å². The Balaban J connectivity index is 1.64. The predicted octanol–water partition coefficient (Wildman–Crippen LogP) is 2.29. The summed E-state index contributed by atoms with van der Waals surface area (Å²) in [5.41, 5.74) is 7.43. The first-order valence-electron chi connectivity index (χ1n) is 10.1. The number of aliphatic hydroxyl groups is 1. The highest BCUT2D eigenvalue weighted by molar-refractivity contribution is 7.89. The van der Waals surface area contributed by atoms with Gasteiger partial charge in [-0.2, -0.15) is 0 Å². The Bertz CT molecular complexity index is 1240. The third-order valence-electron chi connectivity index (χ3n) is 5.47. The van der Waals surface area contributed by atoms with Crippen LogP contribution in [0.1, 0.15) is 23.4 Å². The summed E-state index contributed by atoms with van der Waals surface area (Å²) in [6.07, 6.45) is 4.00. The molecule has 4 rings (SSSR count). The van der Waals surface area contributed by atoms with Crippen LogP contribution in [0, 0.1) is 13.8 Å². The molecular weight excluding hydrogens is 450 g/mol. The van der Waals surface area contributed by atoms with Crippen molar-refractivity contribution in [3.63, 3.8) is 0 Å². The molecule has 3 heterocycles. The maximum atomic E-state index is 12.9. The van der Waals surface area contributed by atoms with Crippen LogP contribution in [0.3, 0.4) is 0 Å². The molecule has 1 aromatic carbocycles. The summed E-state index contributed by atoms with van der Waals surface area (Å²) >= 11 is 1.46. The van der Waals surface area contributed by atoms with Gasteiger partial charge in [0.1, 0.15) is 5.69 Å². The minimum absolute atomic E-state index is 0.0710. The monoisotopic (exact) mass is 475 g/mol. The zero-order chi connectivity index (χ0) is 22.9. The first-order chi connectivity index (χ1) is 15.2. The number of benzene rings is 1. The fraction of sp³-hybridized carbons (Fsp3) is 0.381. The van der Waals surface area contributed by atoms with Gasteiger partial charge in [0.15, 0.2) is 5.82 Å². The summed E-state index contributed by atoms with van der Waals surface area (Å²) < 4.78 is 33.7. The highest BCUT2D eigenvalue weighted by atomic mass is 32.2. The molecule has 2 aromatic heterocycles. The molecule has 1 saturated heterocycles. The molecule has 0 radical (unpaired) electrons. The van der Waals surface area contributed by atoms with Crippen molar-refractivity contribution in [3.05, 3.63) is 41.2 Å². The minimum Gasteiger partial charge on any atom is -0.388 e. The van der Waals surface area contributed by atoms with E-state index in [9.17, 15) is 13.5 Å².